The molecule has 0 aromatic carbocycles. The van der Waals surface area contributed by atoms with E-state index >= 15 is 0 Å². The first kappa shape index (κ1) is 35.4. The van der Waals surface area contributed by atoms with Crippen LogP contribution in [0.3, 0.4) is 0 Å². The predicted molar refractivity (Wildman–Crippen MR) is 138 cm³/mol. The van der Waals surface area contributed by atoms with Gasteiger partial charge in [-0.25, -0.2) is 0 Å². The third kappa shape index (κ3) is 40.7. The van der Waals surface area contributed by atoms with Crippen molar-refractivity contribution in [2.45, 2.75) is 157 Å². The molecular weight excluding hydrogens is 386 g/mol. The molecule has 3 N–H and O–H groups in total. The average Bonchev–Trinajstić information content (AvgIpc) is 2.76. The molecular formula is C27H61NO3. The Labute approximate surface area is 197 Å². The van der Waals surface area contributed by atoms with E-state index in [9.17, 15) is 5.11 Å². The molecule has 4 heteroatoms. The van der Waals surface area contributed by atoms with Crippen molar-refractivity contribution < 1.29 is 14.6 Å². The Hall–Kier alpha value is -0.160. The zero-order valence-corrected chi connectivity index (χ0v) is 22.5. The molecule has 0 saturated heterocycles. The molecule has 0 atom stereocenters. The second-order valence-electron chi connectivity index (χ2n) is 8.63. The van der Waals surface area contributed by atoms with Crippen molar-refractivity contribution in [1.82, 2.24) is 0 Å². The van der Waals surface area contributed by atoms with Crippen molar-refractivity contribution in [3.8, 4) is 0 Å². The maximum absolute atomic E-state index is 9.78. The fourth-order valence-corrected chi connectivity index (χ4v) is 2.87. The molecule has 0 aliphatic rings. The molecule has 0 rings (SSSR count). The minimum Gasteiger partial charge on any atom is -0.344 e. The van der Waals surface area contributed by atoms with E-state index < -0.39 is 5.97 Å². The Kier molecular flexibility index (Phi) is 36.6. The molecule has 0 amide bonds. The van der Waals surface area contributed by atoms with Crippen LogP contribution in [0.2, 0.25) is 0 Å². The van der Waals surface area contributed by atoms with Crippen LogP contribution in [0.1, 0.15) is 151 Å². The molecule has 192 valence electrons. The maximum Gasteiger partial charge on any atom is 0.277 e. The lowest BCUT2D eigenvalue weighted by atomic mass is 10.2. The lowest BCUT2D eigenvalue weighted by Crippen LogP contribution is -2.32. The van der Waals surface area contributed by atoms with Crippen LogP contribution in [-0.2, 0) is 9.47 Å². The zero-order chi connectivity index (χ0) is 24.1. The van der Waals surface area contributed by atoms with Crippen molar-refractivity contribution in [1.29, 1.82) is 0 Å². The van der Waals surface area contributed by atoms with Crippen LogP contribution in [0.25, 0.3) is 0 Å². The molecule has 0 aliphatic heterocycles. The van der Waals surface area contributed by atoms with Gasteiger partial charge in [-0.05, 0) is 25.8 Å². The summed E-state index contributed by atoms with van der Waals surface area (Å²) in [6.45, 7) is 14.6. The van der Waals surface area contributed by atoms with Gasteiger partial charge in [0.05, 0.1) is 13.2 Å². The summed E-state index contributed by atoms with van der Waals surface area (Å²) in [5.41, 5.74) is 5.31. The van der Waals surface area contributed by atoms with E-state index in [1.165, 1.54) is 83.5 Å². The fourth-order valence-electron chi connectivity index (χ4n) is 2.87. The van der Waals surface area contributed by atoms with Crippen molar-refractivity contribution in [3.63, 3.8) is 0 Å². The van der Waals surface area contributed by atoms with Crippen LogP contribution >= 0.6 is 0 Å². The summed E-state index contributed by atoms with van der Waals surface area (Å²) in [6, 6.07) is 0. The van der Waals surface area contributed by atoms with Crippen molar-refractivity contribution >= 4 is 0 Å². The molecule has 31 heavy (non-hydrogen) atoms. The highest BCUT2D eigenvalue weighted by Crippen LogP contribution is 2.11. The van der Waals surface area contributed by atoms with E-state index in [4.69, 9.17) is 15.2 Å². The van der Waals surface area contributed by atoms with Crippen LogP contribution in [0.15, 0.2) is 0 Å². The Bertz CT molecular complexity index is 260. The smallest absolute Gasteiger partial charge is 0.277 e. The number of nitrogens with two attached hydrogens (primary N) is 1. The van der Waals surface area contributed by atoms with Crippen LogP contribution in [0.4, 0.5) is 0 Å². The molecule has 0 fully saturated rings. The summed E-state index contributed by atoms with van der Waals surface area (Å²) in [5.74, 6) is -1.40. The molecule has 0 aromatic rings. The number of ether oxygens (including phenoxy) is 2. The summed E-state index contributed by atoms with van der Waals surface area (Å²) in [7, 11) is 0. The monoisotopic (exact) mass is 447 g/mol. The van der Waals surface area contributed by atoms with Crippen molar-refractivity contribution in [2.24, 2.45) is 5.73 Å². The molecule has 0 unspecified atom stereocenters. The van der Waals surface area contributed by atoms with Crippen LogP contribution in [0.5, 0.6) is 0 Å². The van der Waals surface area contributed by atoms with Gasteiger partial charge >= 0.3 is 0 Å². The Morgan fingerprint density at radius 2 is 0.806 bits per heavy atom. The zero-order valence-electron chi connectivity index (χ0n) is 22.5. The molecule has 0 heterocycles. The van der Waals surface area contributed by atoms with Crippen molar-refractivity contribution in [2.75, 3.05) is 19.8 Å². The lowest BCUT2D eigenvalue weighted by Gasteiger charge is -2.23. The first-order valence-electron chi connectivity index (χ1n) is 13.7. The molecule has 4 nitrogen and oxygen atoms in total. The number of unbranched alkanes of at least 4 members (excludes halogenated alkanes) is 13. The first-order valence-corrected chi connectivity index (χ1v) is 13.7. The molecule has 0 saturated carbocycles. The second kappa shape index (κ2) is 32.0. The van der Waals surface area contributed by atoms with Gasteiger partial charge in [0.2, 0.25) is 0 Å². The molecule has 0 aliphatic carbocycles. The standard InChI is InChI=1S/C14H30O3.C7H17N.C6H14/c1-4-6-8-10-12-16-14(3,15)17-13-11-9-7-5-2;1-2-3-4-5-6-7-8;1-3-5-6-4-2/h15H,4-13H2,1-3H3;2-8H2,1H3;3-6H2,1-2H3. The van der Waals surface area contributed by atoms with E-state index in [1.807, 2.05) is 0 Å². The summed E-state index contributed by atoms with van der Waals surface area (Å²) in [4.78, 5) is 0. The minimum atomic E-state index is -1.40. The van der Waals surface area contributed by atoms with Crippen LogP contribution in [-0.4, -0.2) is 30.8 Å². The van der Waals surface area contributed by atoms with Gasteiger partial charge in [-0.1, -0.05) is 125 Å². The van der Waals surface area contributed by atoms with E-state index in [0.717, 1.165) is 32.2 Å². The van der Waals surface area contributed by atoms with E-state index in [1.54, 1.807) is 6.92 Å². The number of aliphatic hydroxyl groups is 1. The third-order valence-electron chi connectivity index (χ3n) is 5.00. The van der Waals surface area contributed by atoms with Gasteiger partial charge in [0.15, 0.2) is 0 Å². The van der Waals surface area contributed by atoms with Crippen LogP contribution < -0.4 is 5.73 Å². The average molecular weight is 448 g/mol. The topological polar surface area (TPSA) is 64.7 Å². The summed E-state index contributed by atoms with van der Waals surface area (Å²) >= 11 is 0. The van der Waals surface area contributed by atoms with Gasteiger partial charge in [0.1, 0.15) is 0 Å². The number of hydrogen-bond acceptors (Lipinski definition) is 4. The molecule has 0 radical (unpaired) electrons. The maximum atomic E-state index is 9.78. The van der Waals surface area contributed by atoms with Gasteiger partial charge in [-0.15, -0.1) is 0 Å². The highest BCUT2D eigenvalue weighted by atomic mass is 16.8. The minimum absolute atomic E-state index is 0.571. The molecule has 0 bridgehead atoms. The molecule has 0 aromatic heterocycles. The third-order valence-corrected chi connectivity index (χ3v) is 5.00. The van der Waals surface area contributed by atoms with Crippen LogP contribution in [0, 0.1) is 0 Å². The Morgan fingerprint density at radius 1 is 0.516 bits per heavy atom. The largest absolute Gasteiger partial charge is 0.344 e. The quantitative estimate of drug-likeness (QED) is 0.145. The van der Waals surface area contributed by atoms with E-state index in [2.05, 4.69) is 34.6 Å². The summed E-state index contributed by atoms with van der Waals surface area (Å²) in [6.07, 6.45) is 21.3. The van der Waals surface area contributed by atoms with Gasteiger partial charge in [0, 0.05) is 6.92 Å². The van der Waals surface area contributed by atoms with Gasteiger partial charge < -0.3 is 20.3 Å². The molecule has 0 spiro atoms. The van der Waals surface area contributed by atoms with E-state index in [0.29, 0.717) is 13.2 Å². The summed E-state index contributed by atoms with van der Waals surface area (Å²) < 4.78 is 10.6. The highest BCUT2D eigenvalue weighted by molar-refractivity contribution is 4.47. The van der Waals surface area contributed by atoms with Crippen molar-refractivity contribution in [3.05, 3.63) is 0 Å². The number of rotatable bonds is 20. The van der Waals surface area contributed by atoms with E-state index in [-0.39, 0.29) is 0 Å². The summed E-state index contributed by atoms with van der Waals surface area (Å²) in [5, 5.41) is 9.78. The fraction of sp³-hybridized carbons (Fsp3) is 1.00. The van der Waals surface area contributed by atoms with Gasteiger partial charge in [-0.3, -0.25) is 0 Å². The lowest BCUT2D eigenvalue weighted by molar-refractivity contribution is -0.349. The normalized spacial score (nSPS) is 10.8. The number of hydrogen-bond donors (Lipinski definition) is 2. The van der Waals surface area contributed by atoms with Gasteiger partial charge in [-0.2, -0.15) is 0 Å². The Balaban J connectivity index is -0.000000461. The predicted octanol–water partition coefficient (Wildman–Crippen LogP) is 8.35. The first-order chi connectivity index (χ1) is 14.9. The van der Waals surface area contributed by atoms with Gasteiger partial charge in [0.25, 0.3) is 5.97 Å². The highest BCUT2D eigenvalue weighted by Gasteiger charge is 2.20. The second-order valence-corrected chi connectivity index (χ2v) is 8.63. The SMILES string of the molecule is CCCCCC.CCCCCCCN.CCCCCCOC(C)(O)OCCCCCC. The Morgan fingerprint density at radius 3 is 1.13 bits per heavy atom.